The van der Waals surface area contributed by atoms with Crippen LogP contribution in [0.5, 0.6) is 0 Å². The summed E-state index contributed by atoms with van der Waals surface area (Å²) in [6, 6.07) is -0.883. The van der Waals surface area contributed by atoms with Gasteiger partial charge in [-0.05, 0) is 32.6 Å². The number of imide groups is 1. The molecule has 1 saturated carbocycles. The number of nitrogens with two attached hydrogens (primary N) is 1. The highest BCUT2D eigenvalue weighted by atomic mass is 16.6. The van der Waals surface area contributed by atoms with Gasteiger partial charge in [0, 0.05) is 0 Å². The Morgan fingerprint density at radius 2 is 1.92 bits per heavy atom. The van der Waals surface area contributed by atoms with Crippen LogP contribution < -0.4 is 11.1 Å². The van der Waals surface area contributed by atoms with Crippen molar-refractivity contribution in [1.29, 1.82) is 0 Å². The molecule has 0 spiro atoms. The average Bonchev–Trinajstić information content (AvgIpc) is 2.33. The first-order valence-corrected chi connectivity index (χ1v) is 4.31. The second-order valence-corrected chi connectivity index (χ2v) is 3.54. The fraction of sp³-hybridized carbons (Fsp3) is 0.750. The lowest BCUT2D eigenvalue weighted by Gasteiger charge is -2.23. The predicted molar refractivity (Wildman–Crippen MR) is 46.1 cm³/mol. The minimum atomic E-state index is -0.883. The molecule has 1 rings (SSSR count). The maximum Gasteiger partial charge on any atom is 0.415 e. The van der Waals surface area contributed by atoms with Crippen LogP contribution in [0, 0.1) is 0 Å². The summed E-state index contributed by atoms with van der Waals surface area (Å²) in [5.74, 6) is 0. The van der Waals surface area contributed by atoms with Gasteiger partial charge in [-0.1, -0.05) is 0 Å². The van der Waals surface area contributed by atoms with E-state index in [2.05, 4.69) is 0 Å². The first kappa shape index (κ1) is 9.83. The van der Waals surface area contributed by atoms with Gasteiger partial charge < -0.3 is 10.5 Å². The molecule has 1 aliphatic rings. The topological polar surface area (TPSA) is 81.4 Å². The number of rotatable bonds is 1. The summed E-state index contributed by atoms with van der Waals surface area (Å²) in [5.41, 5.74) is 4.34. The van der Waals surface area contributed by atoms with Crippen molar-refractivity contribution in [2.24, 2.45) is 5.73 Å². The molecule has 0 aromatic heterocycles. The fourth-order valence-electron chi connectivity index (χ4n) is 1.57. The van der Waals surface area contributed by atoms with Crippen molar-refractivity contribution >= 4 is 12.1 Å². The third-order valence-corrected chi connectivity index (χ3v) is 2.23. The third kappa shape index (κ3) is 2.93. The van der Waals surface area contributed by atoms with Crippen molar-refractivity contribution in [2.75, 3.05) is 0 Å². The molecule has 13 heavy (non-hydrogen) atoms. The lowest BCUT2D eigenvalue weighted by atomic mass is 10.1. The number of amides is 3. The fourth-order valence-corrected chi connectivity index (χ4v) is 1.57. The molecule has 5 nitrogen and oxygen atoms in total. The van der Waals surface area contributed by atoms with Gasteiger partial charge in [0.2, 0.25) is 0 Å². The van der Waals surface area contributed by atoms with Crippen LogP contribution in [0.4, 0.5) is 9.59 Å². The van der Waals surface area contributed by atoms with E-state index >= 15 is 0 Å². The van der Waals surface area contributed by atoms with Crippen molar-refractivity contribution in [2.45, 2.75) is 38.2 Å². The molecule has 0 aromatic rings. The van der Waals surface area contributed by atoms with E-state index in [1.54, 1.807) is 0 Å². The molecule has 1 fully saturated rings. The number of ether oxygens (including phenoxy) is 1. The van der Waals surface area contributed by atoms with Gasteiger partial charge in [0.05, 0.1) is 0 Å². The molecule has 0 unspecified atom stereocenters. The minimum absolute atomic E-state index is 0.417. The molecular weight excluding hydrogens is 172 g/mol. The van der Waals surface area contributed by atoms with Crippen LogP contribution in [0.2, 0.25) is 0 Å². The Morgan fingerprint density at radius 1 is 1.38 bits per heavy atom. The Labute approximate surface area is 76.6 Å². The number of hydrogen-bond donors (Lipinski definition) is 2. The van der Waals surface area contributed by atoms with Crippen molar-refractivity contribution in [1.82, 2.24) is 5.32 Å². The highest BCUT2D eigenvalue weighted by Crippen LogP contribution is 2.32. The number of alkyl carbamates (subject to hydrolysis) is 1. The molecule has 0 aliphatic heterocycles. The normalized spacial score (nSPS) is 19.5. The molecule has 0 radical (unpaired) electrons. The summed E-state index contributed by atoms with van der Waals surface area (Å²) in [6.07, 6.45) is 3.05. The Bertz CT molecular complexity index is 221. The Kier molecular flexibility index (Phi) is 2.75. The van der Waals surface area contributed by atoms with Gasteiger partial charge in [0.15, 0.2) is 0 Å². The van der Waals surface area contributed by atoms with Crippen LogP contribution >= 0.6 is 0 Å². The van der Waals surface area contributed by atoms with Crippen LogP contribution in [-0.2, 0) is 4.74 Å². The van der Waals surface area contributed by atoms with Crippen molar-refractivity contribution in [3.05, 3.63) is 0 Å². The lowest BCUT2D eigenvalue weighted by Crippen LogP contribution is -2.40. The monoisotopic (exact) mass is 186 g/mol. The van der Waals surface area contributed by atoms with Gasteiger partial charge in [-0.25, -0.2) is 14.9 Å². The summed E-state index contributed by atoms with van der Waals surface area (Å²) in [4.78, 5) is 21.3. The van der Waals surface area contributed by atoms with Gasteiger partial charge in [-0.2, -0.15) is 0 Å². The summed E-state index contributed by atoms with van der Waals surface area (Å²) in [6.45, 7) is 1.86. The van der Waals surface area contributed by atoms with E-state index in [1.165, 1.54) is 0 Å². The van der Waals surface area contributed by atoms with E-state index in [0.29, 0.717) is 0 Å². The summed E-state index contributed by atoms with van der Waals surface area (Å²) in [7, 11) is 0. The van der Waals surface area contributed by atoms with Gasteiger partial charge in [0.1, 0.15) is 5.60 Å². The first-order valence-electron chi connectivity index (χ1n) is 4.31. The van der Waals surface area contributed by atoms with Gasteiger partial charge in [-0.15, -0.1) is 0 Å². The second kappa shape index (κ2) is 3.64. The summed E-state index contributed by atoms with van der Waals surface area (Å²) in [5, 5.41) is 1.87. The Morgan fingerprint density at radius 3 is 2.38 bits per heavy atom. The number of carbonyl (C=O) groups is 2. The molecule has 0 atom stereocenters. The quantitative estimate of drug-likeness (QED) is 0.643. The van der Waals surface area contributed by atoms with Crippen LogP contribution in [0.3, 0.4) is 0 Å². The molecule has 0 saturated heterocycles. The smallest absolute Gasteiger partial charge is 0.415 e. The number of primary amides is 1. The zero-order valence-corrected chi connectivity index (χ0v) is 7.63. The number of carbonyl (C=O) groups excluding carboxylic acids is 2. The SMILES string of the molecule is CC1(OC(=O)NC(N)=O)CCCC1. The molecule has 3 amide bonds. The largest absolute Gasteiger partial charge is 0.443 e. The van der Waals surface area contributed by atoms with E-state index in [1.807, 2.05) is 12.2 Å². The van der Waals surface area contributed by atoms with Gasteiger partial charge in [-0.3, -0.25) is 0 Å². The molecule has 74 valence electrons. The van der Waals surface area contributed by atoms with Crippen LogP contribution in [0.1, 0.15) is 32.6 Å². The number of urea groups is 1. The minimum Gasteiger partial charge on any atom is -0.443 e. The van der Waals surface area contributed by atoms with Crippen LogP contribution in [0.25, 0.3) is 0 Å². The third-order valence-electron chi connectivity index (χ3n) is 2.23. The van der Waals surface area contributed by atoms with Crippen LogP contribution in [-0.4, -0.2) is 17.7 Å². The molecule has 0 bridgehead atoms. The Hall–Kier alpha value is -1.26. The van der Waals surface area contributed by atoms with E-state index in [-0.39, 0.29) is 0 Å². The average molecular weight is 186 g/mol. The number of hydrogen-bond acceptors (Lipinski definition) is 3. The first-order chi connectivity index (χ1) is 6.02. The maximum atomic E-state index is 11.0. The standard InChI is InChI=1S/C8H14N2O3/c1-8(4-2-3-5-8)13-7(12)10-6(9)11/h2-5H2,1H3,(H3,9,10,11,12). The van der Waals surface area contributed by atoms with E-state index in [0.717, 1.165) is 25.7 Å². The highest BCUT2D eigenvalue weighted by molar-refractivity contribution is 5.89. The van der Waals surface area contributed by atoms with E-state index in [9.17, 15) is 9.59 Å². The van der Waals surface area contributed by atoms with Gasteiger partial charge >= 0.3 is 12.1 Å². The second-order valence-electron chi connectivity index (χ2n) is 3.54. The van der Waals surface area contributed by atoms with Crippen molar-refractivity contribution < 1.29 is 14.3 Å². The predicted octanol–water partition coefficient (Wildman–Crippen LogP) is 1.12. The Balaban J connectivity index is 2.38. The van der Waals surface area contributed by atoms with E-state index < -0.39 is 17.7 Å². The molecule has 0 aromatic carbocycles. The molecule has 5 heteroatoms. The summed E-state index contributed by atoms with van der Waals surface area (Å²) < 4.78 is 5.06. The van der Waals surface area contributed by atoms with Crippen molar-refractivity contribution in [3.8, 4) is 0 Å². The van der Waals surface area contributed by atoms with Crippen molar-refractivity contribution in [3.63, 3.8) is 0 Å². The highest BCUT2D eigenvalue weighted by Gasteiger charge is 2.32. The van der Waals surface area contributed by atoms with E-state index in [4.69, 9.17) is 10.5 Å². The zero-order chi connectivity index (χ0) is 9.90. The number of nitrogens with one attached hydrogen (secondary N) is 1. The maximum absolute atomic E-state index is 11.0. The van der Waals surface area contributed by atoms with Gasteiger partial charge in [0.25, 0.3) is 0 Å². The summed E-state index contributed by atoms with van der Waals surface area (Å²) >= 11 is 0. The molecule has 3 N–H and O–H groups in total. The lowest BCUT2D eigenvalue weighted by molar-refractivity contribution is 0.0325. The zero-order valence-electron chi connectivity index (χ0n) is 7.63. The molecule has 0 heterocycles. The van der Waals surface area contributed by atoms with Crippen LogP contribution in [0.15, 0.2) is 0 Å². The molecule has 1 aliphatic carbocycles. The molecular formula is C8H14N2O3.